The van der Waals surface area contributed by atoms with Gasteiger partial charge in [0.15, 0.2) is 0 Å². The van der Waals surface area contributed by atoms with Crippen LogP contribution in [0.3, 0.4) is 0 Å². The van der Waals surface area contributed by atoms with Gasteiger partial charge in [0.2, 0.25) is 5.91 Å². The van der Waals surface area contributed by atoms with Crippen molar-refractivity contribution in [2.24, 2.45) is 5.92 Å². The van der Waals surface area contributed by atoms with Crippen LogP contribution in [0.5, 0.6) is 0 Å². The van der Waals surface area contributed by atoms with E-state index in [0.29, 0.717) is 32.5 Å². The lowest BCUT2D eigenvalue weighted by atomic mass is 10.1. The molecule has 0 bridgehead atoms. The molecule has 17 heavy (non-hydrogen) atoms. The fourth-order valence-electron chi connectivity index (χ4n) is 1.99. The van der Waals surface area contributed by atoms with E-state index in [9.17, 15) is 9.59 Å². The van der Waals surface area contributed by atoms with Crippen LogP contribution < -0.4 is 0 Å². The van der Waals surface area contributed by atoms with Gasteiger partial charge < -0.3 is 14.6 Å². The molecule has 92 valence electrons. The first-order valence-electron chi connectivity index (χ1n) is 5.63. The molecule has 1 atom stereocenters. The Morgan fingerprint density at radius 1 is 1.47 bits per heavy atom. The average Bonchev–Trinajstić information content (AvgIpc) is 2.96. The van der Waals surface area contributed by atoms with Crippen LogP contribution >= 0.6 is 0 Å². The maximum absolute atomic E-state index is 11.8. The Bertz CT molecular complexity index is 402. The highest BCUT2D eigenvalue weighted by Crippen LogP contribution is 2.17. The Kier molecular flexibility index (Phi) is 3.41. The molecule has 1 aliphatic rings. The van der Waals surface area contributed by atoms with Crippen molar-refractivity contribution in [2.75, 3.05) is 13.1 Å². The summed E-state index contributed by atoms with van der Waals surface area (Å²) >= 11 is 0. The van der Waals surface area contributed by atoms with Crippen molar-refractivity contribution in [2.45, 2.75) is 19.4 Å². The van der Waals surface area contributed by atoms with Gasteiger partial charge in [0, 0.05) is 38.4 Å². The van der Waals surface area contributed by atoms with Crippen LogP contribution in [-0.2, 0) is 16.1 Å². The number of likely N-dealkylation sites (tertiary alicyclic amines) is 1. The van der Waals surface area contributed by atoms with Crippen molar-refractivity contribution in [3.63, 3.8) is 0 Å². The largest absolute Gasteiger partial charge is 0.481 e. The Morgan fingerprint density at radius 3 is 2.88 bits per heavy atom. The number of carbonyl (C=O) groups excluding carboxylic acids is 1. The number of aromatic nitrogens is 2. The second-order valence-electron chi connectivity index (χ2n) is 4.21. The molecule has 0 aliphatic carbocycles. The van der Waals surface area contributed by atoms with E-state index in [4.69, 9.17) is 5.11 Å². The molecule has 2 heterocycles. The zero-order valence-corrected chi connectivity index (χ0v) is 9.45. The van der Waals surface area contributed by atoms with Crippen molar-refractivity contribution >= 4 is 11.9 Å². The van der Waals surface area contributed by atoms with Crippen molar-refractivity contribution < 1.29 is 14.7 Å². The van der Waals surface area contributed by atoms with Crippen LogP contribution in [0.2, 0.25) is 0 Å². The van der Waals surface area contributed by atoms with Crippen LogP contribution in [0, 0.1) is 5.92 Å². The van der Waals surface area contributed by atoms with Gasteiger partial charge in [-0.3, -0.25) is 9.59 Å². The highest BCUT2D eigenvalue weighted by Gasteiger charge is 2.30. The lowest BCUT2D eigenvalue weighted by molar-refractivity contribution is -0.141. The molecule has 0 unspecified atom stereocenters. The number of nitrogens with zero attached hydrogens (tertiary/aromatic N) is 3. The minimum absolute atomic E-state index is 0.0162. The van der Waals surface area contributed by atoms with E-state index in [1.165, 1.54) is 0 Å². The number of amides is 1. The molecule has 6 heteroatoms. The minimum atomic E-state index is -0.810. The molecular weight excluding hydrogens is 222 g/mol. The first-order chi connectivity index (χ1) is 8.16. The molecule has 1 aromatic heterocycles. The van der Waals surface area contributed by atoms with E-state index in [-0.39, 0.29) is 5.91 Å². The molecule has 0 radical (unpaired) electrons. The second kappa shape index (κ2) is 4.99. The molecule has 1 amide bonds. The van der Waals surface area contributed by atoms with Crippen molar-refractivity contribution in [1.82, 2.24) is 14.5 Å². The maximum Gasteiger partial charge on any atom is 0.308 e. The third-order valence-electron chi connectivity index (χ3n) is 3.03. The van der Waals surface area contributed by atoms with Crippen LogP contribution in [0.4, 0.5) is 0 Å². The monoisotopic (exact) mass is 237 g/mol. The summed E-state index contributed by atoms with van der Waals surface area (Å²) in [5, 5.41) is 8.84. The fraction of sp³-hybridized carbons (Fsp3) is 0.545. The van der Waals surface area contributed by atoms with E-state index < -0.39 is 11.9 Å². The number of hydrogen-bond acceptors (Lipinski definition) is 3. The number of imidazole rings is 1. The minimum Gasteiger partial charge on any atom is -0.481 e. The molecule has 1 N–H and O–H groups in total. The average molecular weight is 237 g/mol. The summed E-state index contributed by atoms with van der Waals surface area (Å²) in [6, 6.07) is 0. The predicted molar refractivity (Wildman–Crippen MR) is 59.2 cm³/mol. The highest BCUT2D eigenvalue weighted by atomic mass is 16.4. The zero-order valence-electron chi connectivity index (χ0n) is 9.45. The Balaban J connectivity index is 1.79. The van der Waals surface area contributed by atoms with Gasteiger partial charge in [-0.2, -0.15) is 0 Å². The van der Waals surface area contributed by atoms with Gasteiger partial charge in [-0.1, -0.05) is 0 Å². The quantitative estimate of drug-likeness (QED) is 0.812. The number of rotatable bonds is 4. The van der Waals surface area contributed by atoms with Crippen LogP contribution in [0.15, 0.2) is 18.7 Å². The van der Waals surface area contributed by atoms with Gasteiger partial charge in [-0.25, -0.2) is 4.98 Å². The van der Waals surface area contributed by atoms with E-state index in [0.717, 1.165) is 0 Å². The Morgan fingerprint density at radius 2 is 2.29 bits per heavy atom. The number of aliphatic carboxylic acids is 1. The Hall–Kier alpha value is -1.85. The molecule has 6 nitrogen and oxygen atoms in total. The fourth-order valence-corrected chi connectivity index (χ4v) is 1.99. The third kappa shape index (κ3) is 2.83. The second-order valence-corrected chi connectivity index (χ2v) is 4.21. The summed E-state index contributed by atoms with van der Waals surface area (Å²) in [5.41, 5.74) is 0. The Labute approximate surface area is 98.9 Å². The summed E-state index contributed by atoms with van der Waals surface area (Å²) in [6.07, 6.45) is 6.09. The maximum atomic E-state index is 11.8. The standard InChI is InChI=1S/C11H15N3O3/c15-10(2-4-13-6-3-12-8-13)14-5-1-9(7-14)11(16)17/h3,6,8-9H,1-2,4-5,7H2,(H,16,17)/t9-/m1/s1. The van der Waals surface area contributed by atoms with Crippen LogP contribution in [-0.4, -0.2) is 44.5 Å². The number of carboxylic acids is 1. The summed E-state index contributed by atoms with van der Waals surface area (Å²) in [4.78, 5) is 28.1. The third-order valence-corrected chi connectivity index (χ3v) is 3.03. The predicted octanol–water partition coefficient (Wildman–Crippen LogP) is 0.206. The van der Waals surface area contributed by atoms with Gasteiger partial charge in [0.25, 0.3) is 0 Å². The zero-order chi connectivity index (χ0) is 12.3. The number of aryl methyl sites for hydroxylation is 1. The smallest absolute Gasteiger partial charge is 0.308 e. The normalized spacial score (nSPS) is 19.5. The van der Waals surface area contributed by atoms with Gasteiger partial charge in [-0.15, -0.1) is 0 Å². The molecule has 0 spiro atoms. The number of carboxylic acid groups (broad SMARTS) is 1. The van der Waals surface area contributed by atoms with Gasteiger partial charge in [-0.05, 0) is 6.42 Å². The van der Waals surface area contributed by atoms with Gasteiger partial charge >= 0.3 is 5.97 Å². The molecule has 1 aromatic rings. The number of carbonyl (C=O) groups is 2. The van der Waals surface area contributed by atoms with Crippen molar-refractivity contribution in [3.8, 4) is 0 Å². The summed E-state index contributed by atoms with van der Waals surface area (Å²) in [6.45, 7) is 1.49. The lowest BCUT2D eigenvalue weighted by Crippen LogP contribution is -2.30. The first-order valence-corrected chi connectivity index (χ1v) is 5.63. The lowest BCUT2D eigenvalue weighted by Gasteiger charge is -2.15. The first kappa shape index (κ1) is 11.6. The molecule has 0 saturated carbocycles. The number of hydrogen-bond donors (Lipinski definition) is 1. The molecule has 0 aromatic carbocycles. The SMILES string of the molecule is O=C(O)[C@@H]1CCN(C(=O)CCn2ccnc2)C1. The van der Waals surface area contributed by atoms with Gasteiger partial charge in [0.05, 0.1) is 12.2 Å². The van der Waals surface area contributed by atoms with E-state index in [1.807, 2.05) is 4.57 Å². The molecule has 1 saturated heterocycles. The molecule has 1 aliphatic heterocycles. The van der Waals surface area contributed by atoms with E-state index in [1.54, 1.807) is 23.6 Å². The van der Waals surface area contributed by atoms with Crippen molar-refractivity contribution in [1.29, 1.82) is 0 Å². The summed E-state index contributed by atoms with van der Waals surface area (Å²) < 4.78 is 1.84. The molecule has 1 fully saturated rings. The molecule has 2 rings (SSSR count). The van der Waals surface area contributed by atoms with E-state index in [2.05, 4.69) is 4.98 Å². The summed E-state index contributed by atoms with van der Waals surface area (Å²) in [7, 11) is 0. The van der Waals surface area contributed by atoms with Crippen LogP contribution in [0.1, 0.15) is 12.8 Å². The molecular formula is C11H15N3O3. The highest BCUT2D eigenvalue weighted by molar-refractivity contribution is 5.78. The van der Waals surface area contributed by atoms with E-state index >= 15 is 0 Å². The van der Waals surface area contributed by atoms with Crippen LogP contribution in [0.25, 0.3) is 0 Å². The topological polar surface area (TPSA) is 75.4 Å². The summed E-state index contributed by atoms with van der Waals surface area (Å²) in [5.74, 6) is -1.19. The van der Waals surface area contributed by atoms with Crippen molar-refractivity contribution in [3.05, 3.63) is 18.7 Å². The van der Waals surface area contributed by atoms with Gasteiger partial charge in [0.1, 0.15) is 0 Å².